The van der Waals surface area contributed by atoms with E-state index in [-0.39, 0.29) is 11.3 Å². The van der Waals surface area contributed by atoms with E-state index < -0.39 is 6.10 Å². The molecule has 2 N–H and O–H groups in total. The molecule has 0 saturated heterocycles. The number of hydrogen-bond acceptors (Lipinski definition) is 2. The van der Waals surface area contributed by atoms with Gasteiger partial charge in [0.15, 0.2) is 0 Å². The Morgan fingerprint density at radius 3 is 2.68 bits per heavy atom. The third kappa shape index (κ3) is 3.16. The van der Waals surface area contributed by atoms with Gasteiger partial charge in [-0.3, -0.25) is 4.79 Å². The molecule has 1 amide bonds. The molecule has 0 aromatic heterocycles. The van der Waals surface area contributed by atoms with Crippen LogP contribution in [-0.2, 0) is 11.2 Å². The van der Waals surface area contributed by atoms with E-state index >= 15 is 0 Å². The maximum Gasteiger partial charge on any atom is 0.228 e. The number of benzene rings is 1. The number of hydrogen-bond donors (Lipinski definition) is 2. The smallest absolute Gasteiger partial charge is 0.228 e. The fraction of sp³-hybridized carbons (Fsp3) is 0.562. The van der Waals surface area contributed by atoms with E-state index in [0.717, 1.165) is 23.2 Å². The predicted molar refractivity (Wildman–Crippen MR) is 77.0 cm³/mol. The zero-order valence-corrected chi connectivity index (χ0v) is 12.2. The highest BCUT2D eigenvalue weighted by atomic mass is 16.3. The first-order chi connectivity index (χ1) is 8.77. The van der Waals surface area contributed by atoms with Crippen LogP contribution in [0.15, 0.2) is 18.2 Å². The van der Waals surface area contributed by atoms with E-state index in [9.17, 15) is 9.90 Å². The molecule has 0 saturated carbocycles. The Hall–Kier alpha value is -1.35. The lowest BCUT2D eigenvalue weighted by Crippen LogP contribution is -2.19. The standard InChI is InChI=1S/C16H23NO2/c1-10(16(2,3)4)7-14(18)11-5-6-13-12(8-11)9-15(19)17-13/h5-6,8,10,14,18H,7,9H2,1-4H3,(H,17,19). The molecule has 0 spiro atoms. The van der Waals surface area contributed by atoms with Gasteiger partial charge in [0, 0.05) is 5.69 Å². The number of carbonyl (C=O) groups excluding carboxylic acids is 1. The lowest BCUT2D eigenvalue weighted by Gasteiger charge is -2.29. The quantitative estimate of drug-likeness (QED) is 0.877. The Kier molecular flexibility index (Phi) is 3.68. The average molecular weight is 261 g/mol. The van der Waals surface area contributed by atoms with Crippen molar-refractivity contribution >= 4 is 11.6 Å². The summed E-state index contributed by atoms with van der Waals surface area (Å²) in [5.41, 5.74) is 2.97. The van der Waals surface area contributed by atoms with E-state index in [0.29, 0.717) is 12.3 Å². The first-order valence-electron chi connectivity index (χ1n) is 6.88. The minimum absolute atomic E-state index is 0.0321. The van der Waals surface area contributed by atoms with Gasteiger partial charge in [-0.05, 0) is 34.9 Å². The predicted octanol–water partition coefficient (Wildman–Crippen LogP) is 3.29. The zero-order chi connectivity index (χ0) is 14.2. The average Bonchev–Trinajstić information content (AvgIpc) is 2.66. The minimum Gasteiger partial charge on any atom is -0.388 e. The summed E-state index contributed by atoms with van der Waals surface area (Å²) in [5.74, 6) is 0.459. The molecule has 19 heavy (non-hydrogen) atoms. The van der Waals surface area contributed by atoms with Crippen molar-refractivity contribution < 1.29 is 9.90 Å². The highest BCUT2D eigenvalue weighted by Gasteiger charge is 2.24. The minimum atomic E-state index is -0.463. The van der Waals surface area contributed by atoms with Gasteiger partial charge in [0.2, 0.25) is 5.91 Å². The van der Waals surface area contributed by atoms with Crippen molar-refractivity contribution in [2.45, 2.75) is 46.6 Å². The molecule has 1 heterocycles. The van der Waals surface area contributed by atoms with Crippen LogP contribution in [0.1, 0.15) is 51.3 Å². The molecule has 0 aliphatic carbocycles. The normalized spacial score (nSPS) is 17.8. The van der Waals surface area contributed by atoms with E-state index in [2.05, 4.69) is 33.0 Å². The fourth-order valence-corrected chi connectivity index (χ4v) is 2.28. The van der Waals surface area contributed by atoms with Crippen LogP contribution in [-0.4, -0.2) is 11.0 Å². The molecule has 0 fully saturated rings. The molecule has 1 aromatic rings. The van der Waals surface area contributed by atoms with E-state index in [1.54, 1.807) is 0 Å². The van der Waals surface area contributed by atoms with Crippen molar-refractivity contribution in [3.8, 4) is 0 Å². The molecule has 1 aliphatic rings. The number of carbonyl (C=O) groups is 1. The molecule has 104 valence electrons. The molecule has 0 radical (unpaired) electrons. The zero-order valence-electron chi connectivity index (χ0n) is 12.2. The Labute approximate surface area is 115 Å². The highest BCUT2D eigenvalue weighted by Crippen LogP contribution is 2.34. The van der Waals surface area contributed by atoms with Gasteiger partial charge in [0.1, 0.15) is 0 Å². The molecular formula is C16H23NO2. The number of aliphatic hydroxyl groups is 1. The van der Waals surface area contributed by atoms with Crippen molar-refractivity contribution in [3.63, 3.8) is 0 Å². The third-order valence-electron chi connectivity index (χ3n) is 4.19. The van der Waals surface area contributed by atoms with Crippen LogP contribution < -0.4 is 5.32 Å². The number of aliphatic hydroxyl groups excluding tert-OH is 1. The summed E-state index contributed by atoms with van der Waals surface area (Å²) >= 11 is 0. The van der Waals surface area contributed by atoms with E-state index in [1.807, 2.05) is 18.2 Å². The Bertz CT molecular complexity index is 488. The van der Waals surface area contributed by atoms with Gasteiger partial charge >= 0.3 is 0 Å². The number of amides is 1. The van der Waals surface area contributed by atoms with Crippen LogP contribution in [0, 0.1) is 11.3 Å². The first-order valence-corrected chi connectivity index (χ1v) is 6.88. The molecule has 3 heteroatoms. The van der Waals surface area contributed by atoms with Gasteiger partial charge in [-0.2, -0.15) is 0 Å². The fourth-order valence-electron chi connectivity index (χ4n) is 2.28. The number of anilines is 1. The van der Waals surface area contributed by atoms with Crippen LogP contribution >= 0.6 is 0 Å². The summed E-state index contributed by atoms with van der Waals surface area (Å²) in [6, 6.07) is 5.75. The monoisotopic (exact) mass is 261 g/mol. The number of fused-ring (bicyclic) bond motifs is 1. The summed E-state index contributed by atoms with van der Waals surface area (Å²) in [6.07, 6.45) is 0.698. The molecule has 2 rings (SSSR count). The Morgan fingerprint density at radius 1 is 1.37 bits per heavy atom. The van der Waals surface area contributed by atoms with Gasteiger partial charge < -0.3 is 10.4 Å². The van der Waals surface area contributed by atoms with Crippen molar-refractivity contribution in [1.82, 2.24) is 0 Å². The summed E-state index contributed by atoms with van der Waals surface area (Å²) < 4.78 is 0. The van der Waals surface area contributed by atoms with Crippen LogP contribution in [0.2, 0.25) is 0 Å². The lowest BCUT2D eigenvalue weighted by molar-refractivity contribution is -0.115. The third-order valence-corrected chi connectivity index (χ3v) is 4.19. The molecule has 3 nitrogen and oxygen atoms in total. The maximum atomic E-state index is 11.3. The second-order valence-electron chi connectivity index (χ2n) is 6.66. The molecule has 1 aliphatic heterocycles. The molecule has 2 unspecified atom stereocenters. The van der Waals surface area contributed by atoms with Crippen molar-refractivity contribution in [3.05, 3.63) is 29.3 Å². The lowest BCUT2D eigenvalue weighted by atomic mass is 9.78. The maximum absolute atomic E-state index is 11.3. The Morgan fingerprint density at radius 2 is 2.05 bits per heavy atom. The van der Waals surface area contributed by atoms with Gasteiger partial charge in [0.25, 0.3) is 0 Å². The van der Waals surface area contributed by atoms with Crippen molar-refractivity contribution in [2.24, 2.45) is 11.3 Å². The molecule has 1 aromatic carbocycles. The topological polar surface area (TPSA) is 49.3 Å². The summed E-state index contributed by atoms with van der Waals surface area (Å²) in [7, 11) is 0. The summed E-state index contributed by atoms with van der Waals surface area (Å²) in [5, 5.41) is 13.2. The largest absolute Gasteiger partial charge is 0.388 e. The van der Waals surface area contributed by atoms with Crippen molar-refractivity contribution in [2.75, 3.05) is 5.32 Å². The molecule has 0 bridgehead atoms. The van der Waals surface area contributed by atoms with Gasteiger partial charge in [-0.15, -0.1) is 0 Å². The van der Waals surface area contributed by atoms with E-state index in [1.165, 1.54) is 0 Å². The second kappa shape index (κ2) is 4.97. The second-order valence-corrected chi connectivity index (χ2v) is 6.66. The van der Waals surface area contributed by atoms with Crippen LogP contribution in [0.4, 0.5) is 5.69 Å². The van der Waals surface area contributed by atoms with Gasteiger partial charge in [0.05, 0.1) is 12.5 Å². The van der Waals surface area contributed by atoms with Crippen LogP contribution in [0.25, 0.3) is 0 Å². The number of rotatable bonds is 3. The van der Waals surface area contributed by atoms with E-state index in [4.69, 9.17) is 0 Å². The first kappa shape index (κ1) is 14.1. The van der Waals surface area contributed by atoms with Gasteiger partial charge in [-0.1, -0.05) is 39.8 Å². The molecule has 2 atom stereocenters. The highest BCUT2D eigenvalue weighted by molar-refractivity contribution is 5.99. The van der Waals surface area contributed by atoms with Crippen LogP contribution in [0.3, 0.4) is 0 Å². The Balaban J connectivity index is 2.11. The van der Waals surface area contributed by atoms with Gasteiger partial charge in [-0.25, -0.2) is 0 Å². The molecular weight excluding hydrogens is 238 g/mol. The summed E-state index contributed by atoms with van der Waals surface area (Å²) in [4.78, 5) is 11.3. The number of nitrogens with one attached hydrogen (secondary N) is 1. The van der Waals surface area contributed by atoms with Crippen molar-refractivity contribution in [1.29, 1.82) is 0 Å². The van der Waals surface area contributed by atoms with Crippen LogP contribution in [0.5, 0.6) is 0 Å². The SMILES string of the molecule is CC(CC(O)c1ccc2c(c1)CC(=O)N2)C(C)(C)C. The summed E-state index contributed by atoms with van der Waals surface area (Å²) in [6.45, 7) is 8.74.